The highest BCUT2D eigenvalue weighted by Gasteiger charge is 2.11. The zero-order valence-corrected chi connectivity index (χ0v) is 12.6. The zero-order chi connectivity index (χ0) is 14.7. The number of fused-ring (bicyclic) bond motifs is 3. The number of rotatable bonds is 6. The van der Waals surface area contributed by atoms with Crippen molar-refractivity contribution in [3.8, 4) is 0 Å². The van der Waals surface area contributed by atoms with E-state index in [0.717, 1.165) is 35.0 Å². The summed E-state index contributed by atoms with van der Waals surface area (Å²) in [6, 6.07) is 8.19. The molecule has 1 N–H and O–H groups in total. The van der Waals surface area contributed by atoms with Gasteiger partial charge in [-0.1, -0.05) is 44.4 Å². The van der Waals surface area contributed by atoms with Crippen LogP contribution in [0.25, 0.3) is 22.1 Å². The molecule has 0 radical (unpaired) electrons. The third-order valence-corrected chi connectivity index (χ3v) is 3.82. The summed E-state index contributed by atoms with van der Waals surface area (Å²) < 4.78 is 2.07. The molecular weight excluding hydrogens is 262 g/mol. The molecule has 0 aliphatic carbocycles. The Hall–Kier alpha value is -2.17. The summed E-state index contributed by atoms with van der Waals surface area (Å²) in [4.78, 5) is 4.61. The van der Waals surface area contributed by atoms with E-state index in [9.17, 15) is 0 Å². The van der Waals surface area contributed by atoms with Crippen molar-refractivity contribution in [3.63, 3.8) is 0 Å². The summed E-state index contributed by atoms with van der Waals surface area (Å²) in [5, 5.41) is 12.9. The molecule has 21 heavy (non-hydrogen) atoms. The minimum atomic E-state index is 0.616. The van der Waals surface area contributed by atoms with Crippen molar-refractivity contribution in [1.82, 2.24) is 19.7 Å². The number of hydrogen-bond donors (Lipinski definition) is 1. The number of para-hydroxylation sites is 1. The number of anilines is 1. The molecule has 0 aliphatic heterocycles. The maximum absolute atomic E-state index is 4.61. The third-order valence-electron chi connectivity index (χ3n) is 3.82. The van der Waals surface area contributed by atoms with Crippen LogP contribution < -0.4 is 5.32 Å². The molecule has 5 nitrogen and oxygen atoms in total. The van der Waals surface area contributed by atoms with Crippen LogP contribution in [0.5, 0.6) is 0 Å². The highest BCUT2D eigenvalue weighted by atomic mass is 15.3. The van der Waals surface area contributed by atoms with Gasteiger partial charge in [-0.15, -0.1) is 10.2 Å². The Balaban J connectivity index is 1.83. The second kappa shape index (κ2) is 6.08. The predicted octanol–water partition coefficient (Wildman–Crippen LogP) is 3.51. The largest absolute Gasteiger partial charge is 0.353 e. The van der Waals surface area contributed by atoms with Gasteiger partial charge in [-0.2, -0.15) is 4.98 Å². The van der Waals surface area contributed by atoms with Crippen LogP contribution in [0.2, 0.25) is 0 Å². The van der Waals surface area contributed by atoms with Crippen LogP contribution in [0, 0.1) is 0 Å². The molecule has 0 spiro atoms. The van der Waals surface area contributed by atoms with Gasteiger partial charge < -0.3 is 9.88 Å². The third kappa shape index (κ3) is 2.68. The van der Waals surface area contributed by atoms with Gasteiger partial charge in [0.25, 0.3) is 0 Å². The van der Waals surface area contributed by atoms with Crippen molar-refractivity contribution < 1.29 is 0 Å². The second-order valence-corrected chi connectivity index (χ2v) is 5.37. The van der Waals surface area contributed by atoms with E-state index in [2.05, 4.69) is 44.1 Å². The summed E-state index contributed by atoms with van der Waals surface area (Å²) in [5.41, 5.74) is 2.88. The van der Waals surface area contributed by atoms with Gasteiger partial charge in [0, 0.05) is 19.0 Å². The fourth-order valence-electron chi connectivity index (χ4n) is 2.63. The Morgan fingerprint density at radius 1 is 1.10 bits per heavy atom. The van der Waals surface area contributed by atoms with Crippen molar-refractivity contribution in [2.75, 3.05) is 11.9 Å². The van der Waals surface area contributed by atoms with Crippen LogP contribution in [-0.2, 0) is 7.05 Å². The first-order chi connectivity index (χ1) is 10.3. The predicted molar refractivity (Wildman–Crippen MR) is 86.4 cm³/mol. The molecule has 3 aromatic rings. The molecule has 0 atom stereocenters. The number of hydrogen-bond acceptors (Lipinski definition) is 4. The molecule has 0 aliphatic rings. The SMILES string of the molecule is CCCCCCNc1nnc2c3ccccc3n(C)c2n1. The van der Waals surface area contributed by atoms with E-state index in [1.807, 2.05) is 19.2 Å². The zero-order valence-electron chi connectivity index (χ0n) is 12.6. The topological polar surface area (TPSA) is 55.6 Å². The molecule has 5 heteroatoms. The van der Waals surface area contributed by atoms with Gasteiger partial charge >= 0.3 is 0 Å². The molecule has 110 valence electrons. The summed E-state index contributed by atoms with van der Waals surface area (Å²) in [7, 11) is 2.02. The fraction of sp³-hybridized carbons (Fsp3) is 0.438. The second-order valence-electron chi connectivity index (χ2n) is 5.37. The van der Waals surface area contributed by atoms with E-state index >= 15 is 0 Å². The standard InChI is InChI=1S/C16H21N5/c1-3-4-5-8-11-17-16-18-15-14(19-20-16)12-9-6-7-10-13(12)21(15)2/h6-7,9-10H,3-5,8,11H2,1-2H3,(H,17,18,20). The molecule has 0 saturated heterocycles. The van der Waals surface area contributed by atoms with Crippen molar-refractivity contribution in [2.24, 2.45) is 7.05 Å². The summed E-state index contributed by atoms with van der Waals surface area (Å²) in [5.74, 6) is 0.616. The molecule has 2 heterocycles. The summed E-state index contributed by atoms with van der Waals surface area (Å²) in [6.45, 7) is 3.12. The first-order valence-electron chi connectivity index (χ1n) is 7.63. The maximum Gasteiger partial charge on any atom is 0.244 e. The van der Waals surface area contributed by atoms with Gasteiger partial charge in [0.2, 0.25) is 5.95 Å². The Labute approximate surface area is 124 Å². The number of aromatic nitrogens is 4. The quantitative estimate of drug-likeness (QED) is 0.703. The van der Waals surface area contributed by atoms with E-state index in [0.29, 0.717) is 5.95 Å². The lowest BCUT2D eigenvalue weighted by molar-refractivity contribution is 0.683. The van der Waals surface area contributed by atoms with Gasteiger partial charge in [-0.3, -0.25) is 0 Å². The van der Waals surface area contributed by atoms with Crippen LogP contribution >= 0.6 is 0 Å². The lowest BCUT2D eigenvalue weighted by Crippen LogP contribution is -2.07. The minimum absolute atomic E-state index is 0.616. The van der Waals surface area contributed by atoms with Crippen LogP contribution in [0.4, 0.5) is 5.95 Å². The number of nitrogens with one attached hydrogen (secondary N) is 1. The van der Waals surface area contributed by atoms with Gasteiger partial charge in [0.05, 0.1) is 5.52 Å². The molecule has 0 unspecified atom stereocenters. The highest BCUT2D eigenvalue weighted by Crippen LogP contribution is 2.24. The Morgan fingerprint density at radius 2 is 1.95 bits per heavy atom. The van der Waals surface area contributed by atoms with Crippen molar-refractivity contribution in [3.05, 3.63) is 24.3 Å². The molecule has 1 aromatic carbocycles. The van der Waals surface area contributed by atoms with Crippen molar-refractivity contribution >= 4 is 28.0 Å². The fourth-order valence-corrected chi connectivity index (χ4v) is 2.63. The molecule has 2 aromatic heterocycles. The van der Waals surface area contributed by atoms with Gasteiger partial charge in [0.1, 0.15) is 5.52 Å². The first-order valence-corrected chi connectivity index (χ1v) is 7.63. The summed E-state index contributed by atoms with van der Waals surface area (Å²) in [6.07, 6.45) is 4.92. The maximum atomic E-state index is 4.61. The molecule has 0 saturated carbocycles. The molecule has 0 bridgehead atoms. The van der Waals surface area contributed by atoms with Gasteiger partial charge in [-0.05, 0) is 12.5 Å². The van der Waals surface area contributed by atoms with Crippen LogP contribution in [0.3, 0.4) is 0 Å². The van der Waals surface area contributed by atoms with Crippen LogP contribution in [0.15, 0.2) is 24.3 Å². The van der Waals surface area contributed by atoms with Crippen molar-refractivity contribution in [1.29, 1.82) is 0 Å². The molecule has 0 amide bonds. The van der Waals surface area contributed by atoms with Crippen LogP contribution in [-0.4, -0.2) is 26.3 Å². The van der Waals surface area contributed by atoms with Crippen LogP contribution in [0.1, 0.15) is 32.6 Å². The van der Waals surface area contributed by atoms with E-state index in [-0.39, 0.29) is 0 Å². The normalized spacial score (nSPS) is 11.3. The minimum Gasteiger partial charge on any atom is -0.353 e. The monoisotopic (exact) mass is 283 g/mol. The van der Waals surface area contributed by atoms with E-state index < -0.39 is 0 Å². The lowest BCUT2D eigenvalue weighted by Gasteiger charge is -2.04. The average molecular weight is 283 g/mol. The number of benzene rings is 1. The number of aryl methyl sites for hydroxylation is 1. The Morgan fingerprint density at radius 3 is 2.81 bits per heavy atom. The van der Waals surface area contributed by atoms with E-state index in [1.165, 1.54) is 19.3 Å². The van der Waals surface area contributed by atoms with E-state index in [1.54, 1.807) is 0 Å². The average Bonchev–Trinajstić information content (AvgIpc) is 2.81. The van der Waals surface area contributed by atoms with Gasteiger partial charge in [-0.25, -0.2) is 0 Å². The van der Waals surface area contributed by atoms with E-state index in [4.69, 9.17) is 0 Å². The molecule has 0 fully saturated rings. The number of unbranched alkanes of at least 4 members (excludes halogenated alkanes) is 3. The lowest BCUT2D eigenvalue weighted by atomic mass is 10.2. The van der Waals surface area contributed by atoms with Crippen molar-refractivity contribution in [2.45, 2.75) is 32.6 Å². The van der Waals surface area contributed by atoms with Gasteiger partial charge in [0.15, 0.2) is 5.65 Å². The smallest absolute Gasteiger partial charge is 0.244 e. The highest BCUT2D eigenvalue weighted by molar-refractivity contribution is 6.04. The molecular formula is C16H21N5. The first kappa shape index (κ1) is 13.8. The Kier molecular flexibility index (Phi) is 3.99. The summed E-state index contributed by atoms with van der Waals surface area (Å²) >= 11 is 0. The Bertz CT molecular complexity index is 747. The molecule has 3 rings (SSSR count). The number of nitrogens with zero attached hydrogens (tertiary/aromatic N) is 4.